The minimum atomic E-state index is 0.187. The molecule has 0 spiro atoms. The highest BCUT2D eigenvalue weighted by Gasteiger charge is 2.26. The van der Waals surface area contributed by atoms with E-state index in [1.54, 1.807) is 7.11 Å². The second kappa shape index (κ2) is 7.96. The van der Waals surface area contributed by atoms with Gasteiger partial charge in [0, 0.05) is 44.6 Å². The van der Waals surface area contributed by atoms with Gasteiger partial charge in [-0.15, -0.1) is 0 Å². The molecular formula is C21H26N4O2. The third-order valence-corrected chi connectivity index (χ3v) is 5.41. The molecule has 4 rings (SSSR count). The average molecular weight is 366 g/mol. The fourth-order valence-electron chi connectivity index (χ4n) is 3.91. The van der Waals surface area contributed by atoms with Crippen LogP contribution in [-0.4, -0.2) is 62.2 Å². The molecule has 3 heterocycles. The van der Waals surface area contributed by atoms with Crippen molar-refractivity contribution in [2.45, 2.75) is 12.8 Å². The molecule has 0 radical (unpaired) electrons. The van der Waals surface area contributed by atoms with Gasteiger partial charge in [-0.05, 0) is 48.7 Å². The molecule has 0 atom stereocenters. The van der Waals surface area contributed by atoms with Crippen LogP contribution >= 0.6 is 0 Å². The van der Waals surface area contributed by atoms with Crippen molar-refractivity contribution in [1.29, 1.82) is 0 Å². The van der Waals surface area contributed by atoms with Gasteiger partial charge < -0.3 is 14.5 Å². The van der Waals surface area contributed by atoms with Gasteiger partial charge >= 0.3 is 0 Å². The number of fused-ring (bicyclic) bond motifs is 1. The van der Waals surface area contributed by atoms with Crippen LogP contribution in [0.3, 0.4) is 0 Å². The fraction of sp³-hybridized carbons (Fsp3) is 0.429. The van der Waals surface area contributed by atoms with Crippen LogP contribution in [0, 0.1) is 0 Å². The normalized spacial score (nSPS) is 17.5. The van der Waals surface area contributed by atoms with Gasteiger partial charge in [-0.25, -0.2) is 4.98 Å². The van der Waals surface area contributed by atoms with Crippen molar-refractivity contribution in [2.24, 2.45) is 0 Å². The number of aryl methyl sites for hydroxylation is 1. The maximum atomic E-state index is 13.0. The lowest BCUT2D eigenvalue weighted by Crippen LogP contribution is -2.51. The van der Waals surface area contributed by atoms with Crippen molar-refractivity contribution < 1.29 is 9.53 Å². The molecule has 2 aliphatic heterocycles. The molecule has 1 saturated heterocycles. The van der Waals surface area contributed by atoms with E-state index in [2.05, 4.69) is 20.9 Å². The molecule has 2 aliphatic rings. The second-order valence-electron chi connectivity index (χ2n) is 7.09. The largest absolute Gasteiger partial charge is 0.497 e. The summed E-state index contributed by atoms with van der Waals surface area (Å²) in [6, 6.07) is 12.0. The molecular weight excluding hydrogens is 340 g/mol. The molecule has 0 saturated carbocycles. The summed E-state index contributed by atoms with van der Waals surface area (Å²) in [5, 5.41) is 0. The van der Waals surface area contributed by atoms with Crippen LogP contribution in [0.25, 0.3) is 0 Å². The van der Waals surface area contributed by atoms with Crippen molar-refractivity contribution in [1.82, 2.24) is 9.88 Å². The van der Waals surface area contributed by atoms with Gasteiger partial charge in [0.25, 0.3) is 0 Å². The maximum Gasteiger partial charge on any atom is 0.241 e. The maximum absolute atomic E-state index is 13.0. The van der Waals surface area contributed by atoms with E-state index in [-0.39, 0.29) is 5.91 Å². The van der Waals surface area contributed by atoms with Crippen molar-refractivity contribution in [2.75, 3.05) is 56.2 Å². The highest BCUT2D eigenvalue weighted by Crippen LogP contribution is 2.30. The van der Waals surface area contributed by atoms with E-state index in [1.165, 1.54) is 5.56 Å². The Morgan fingerprint density at radius 1 is 1.11 bits per heavy atom. The molecule has 1 fully saturated rings. The van der Waals surface area contributed by atoms with Gasteiger partial charge in [0.2, 0.25) is 5.91 Å². The number of pyridine rings is 1. The molecule has 27 heavy (non-hydrogen) atoms. The second-order valence-corrected chi connectivity index (χ2v) is 7.09. The Bertz CT molecular complexity index is 788. The third-order valence-electron chi connectivity index (χ3n) is 5.41. The zero-order valence-corrected chi connectivity index (χ0v) is 15.8. The first-order chi connectivity index (χ1) is 13.2. The van der Waals surface area contributed by atoms with Crippen LogP contribution in [0.2, 0.25) is 0 Å². The van der Waals surface area contributed by atoms with Crippen LogP contribution in [0.15, 0.2) is 42.6 Å². The van der Waals surface area contributed by atoms with Gasteiger partial charge in [0.1, 0.15) is 11.6 Å². The van der Waals surface area contributed by atoms with Crippen LogP contribution in [0.5, 0.6) is 5.75 Å². The Morgan fingerprint density at radius 3 is 2.70 bits per heavy atom. The van der Waals surface area contributed by atoms with Crippen molar-refractivity contribution in [3.05, 3.63) is 48.2 Å². The third kappa shape index (κ3) is 3.90. The first-order valence-electron chi connectivity index (χ1n) is 9.60. The molecule has 2 aromatic rings. The van der Waals surface area contributed by atoms with E-state index >= 15 is 0 Å². The van der Waals surface area contributed by atoms with Crippen molar-refractivity contribution in [3.63, 3.8) is 0 Å². The quantitative estimate of drug-likeness (QED) is 0.830. The summed E-state index contributed by atoms with van der Waals surface area (Å²) in [5.74, 6) is 2.06. The lowest BCUT2D eigenvalue weighted by molar-refractivity contribution is -0.119. The van der Waals surface area contributed by atoms with E-state index in [0.717, 1.165) is 62.8 Å². The first kappa shape index (κ1) is 17.8. The molecule has 6 heteroatoms. The zero-order valence-electron chi connectivity index (χ0n) is 15.8. The summed E-state index contributed by atoms with van der Waals surface area (Å²) in [5.41, 5.74) is 2.24. The highest BCUT2D eigenvalue weighted by atomic mass is 16.5. The molecule has 0 bridgehead atoms. The molecule has 1 amide bonds. The number of carbonyl (C=O) groups excluding carboxylic acids is 1. The number of amides is 1. The summed E-state index contributed by atoms with van der Waals surface area (Å²) < 4.78 is 5.32. The molecule has 0 N–H and O–H groups in total. The van der Waals surface area contributed by atoms with Crippen LogP contribution < -0.4 is 14.5 Å². The number of rotatable bonds is 4. The highest BCUT2D eigenvalue weighted by molar-refractivity contribution is 5.96. The van der Waals surface area contributed by atoms with Crippen LogP contribution in [0.1, 0.15) is 12.0 Å². The van der Waals surface area contributed by atoms with E-state index in [4.69, 9.17) is 4.74 Å². The number of benzene rings is 1. The summed E-state index contributed by atoms with van der Waals surface area (Å²) in [6.45, 7) is 4.83. The zero-order chi connectivity index (χ0) is 18.6. The van der Waals surface area contributed by atoms with Gasteiger partial charge in [0.05, 0.1) is 13.7 Å². The number of methoxy groups -OCH3 is 1. The predicted octanol–water partition coefficient (Wildman–Crippen LogP) is 2.19. The summed E-state index contributed by atoms with van der Waals surface area (Å²) in [4.78, 5) is 23.9. The number of aromatic nitrogens is 1. The molecule has 0 aliphatic carbocycles. The minimum absolute atomic E-state index is 0.187. The Labute approximate surface area is 160 Å². The van der Waals surface area contributed by atoms with Gasteiger partial charge in [-0.3, -0.25) is 9.69 Å². The Balaban J connectivity index is 1.37. The molecule has 1 aromatic heterocycles. The average Bonchev–Trinajstić information content (AvgIpc) is 2.74. The topological polar surface area (TPSA) is 48.9 Å². The smallest absolute Gasteiger partial charge is 0.241 e. The Morgan fingerprint density at radius 2 is 1.96 bits per heavy atom. The molecule has 6 nitrogen and oxygen atoms in total. The number of hydrogen-bond acceptors (Lipinski definition) is 5. The molecule has 1 aromatic carbocycles. The summed E-state index contributed by atoms with van der Waals surface area (Å²) >= 11 is 0. The summed E-state index contributed by atoms with van der Waals surface area (Å²) in [6.07, 6.45) is 3.83. The number of nitrogens with zero attached hydrogens (tertiary/aromatic N) is 4. The summed E-state index contributed by atoms with van der Waals surface area (Å²) in [7, 11) is 1.68. The SMILES string of the molecule is COc1ccc2c(c1)CCCN2C(=O)CN1CCN(c2ccccn2)CC1. The number of ether oxygens (including phenoxy) is 1. The van der Waals surface area contributed by atoms with E-state index in [1.807, 2.05) is 41.4 Å². The van der Waals surface area contributed by atoms with E-state index < -0.39 is 0 Å². The number of anilines is 2. The van der Waals surface area contributed by atoms with Crippen LogP contribution in [0.4, 0.5) is 11.5 Å². The van der Waals surface area contributed by atoms with Gasteiger partial charge in [0.15, 0.2) is 0 Å². The monoisotopic (exact) mass is 366 g/mol. The Hall–Kier alpha value is -2.60. The van der Waals surface area contributed by atoms with E-state index in [9.17, 15) is 4.79 Å². The number of carbonyl (C=O) groups is 1. The van der Waals surface area contributed by atoms with Crippen molar-refractivity contribution in [3.8, 4) is 5.75 Å². The molecule has 142 valence electrons. The molecule has 0 unspecified atom stereocenters. The van der Waals surface area contributed by atoms with Crippen LogP contribution in [-0.2, 0) is 11.2 Å². The lowest BCUT2D eigenvalue weighted by atomic mass is 10.0. The standard InChI is InChI=1S/C21H26N4O2/c1-27-18-7-8-19-17(15-18)5-4-10-25(19)21(26)16-23-11-13-24(14-12-23)20-6-2-3-9-22-20/h2-3,6-9,15H,4-5,10-14,16H2,1H3. The van der Waals surface area contributed by atoms with Crippen molar-refractivity contribution >= 4 is 17.4 Å². The first-order valence-corrected chi connectivity index (χ1v) is 9.60. The lowest BCUT2D eigenvalue weighted by Gasteiger charge is -2.37. The number of piperazine rings is 1. The van der Waals surface area contributed by atoms with Gasteiger partial charge in [-0.1, -0.05) is 6.07 Å². The fourth-order valence-corrected chi connectivity index (χ4v) is 3.91. The minimum Gasteiger partial charge on any atom is -0.497 e. The Kier molecular flexibility index (Phi) is 5.25. The van der Waals surface area contributed by atoms with Gasteiger partial charge in [-0.2, -0.15) is 0 Å². The number of hydrogen-bond donors (Lipinski definition) is 0. The van der Waals surface area contributed by atoms with E-state index in [0.29, 0.717) is 6.54 Å². The predicted molar refractivity (Wildman–Crippen MR) is 107 cm³/mol.